The van der Waals surface area contributed by atoms with Gasteiger partial charge in [-0.3, -0.25) is 9.69 Å². The fourth-order valence-corrected chi connectivity index (χ4v) is 7.26. The summed E-state index contributed by atoms with van der Waals surface area (Å²) < 4.78 is 0. The molecular formula is C20H21Cl2N3OS. The van der Waals surface area contributed by atoms with Crippen LogP contribution >= 0.6 is 34.5 Å². The van der Waals surface area contributed by atoms with E-state index in [4.69, 9.17) is 23.2 Å². The lowest BCUT2D eigenvalue weighted by Gasteiger charge is -2.55. The molecule has 4 fully saturated rings. The number of hydrogen-bond donors (Lipinski definition) is 0. The molecule has 1 amide bonds. The highest BCUT2D eigenvalue weighted by molar-refractivity contribution is 7.15. The number of rotatable bonds is 3. The Hall–Kier alpha value is -1.17. The topological polar surface area (TPSA) is 46.1 Å². The number of amides is 1. The van der Waals surface area contributed by atoms with Crippen molar-refractivity contribution in [1.29, 1.82) is 0 Å². The van der Waals surface area contributed by atoms with Gasteiger partial charge in [0.15, 0.2) is 0 Å². The molecule has 0 aliphatic heterocycles. The van der Waals surface area contributed by atoms with Gasteiger partial charge in [-0.25, -0.2) is 0 Å². The summed E-state index contributed by atoms with van der Waals surface area (Å²) in [4.78, 5) is 14.4. The Balaban J connectivity index is 1.42. The van der Waals surface area contributed by atoms with Crippen molar-refractivity contribution >= 4 is 45.6 Å². The van der Waals surface area contributed by atoms with Crippen LogP contribution in [-0.2, 0) is 5.41 Å². The maximum atomic E-state index is 12.9. The number of anilines is 1. The highest BCUT2D eigenvalue weighted by atomic mass is 35.5. The van der Waals surface area contributed by atoms with Crippen molar-refractivity contribution in [1.82, 2.24) is 10.2 Å². The van der Waals surface area contributed by atoms with Gasteiger partial charge in [-0.2, -0.15) is 0 Å². The third-order valence-electron chi connectivity index (χ3n) is 6.66. The second-order valence-electron chi connectivity index (χ2n) is 8.58. The van der Waals surface area contributed by atoms with Crippen molar-refractivity contribution in [2.24, 2.45) is 17.8 Å². The van der Waals surface area contributed by atoms with Crippen LogP contribution in [0.15, 0.2) is 18.2 Å². The molecule has 4 aliphatic carbocycles. The van der Waals surface area contributed by atoms with Crippen LogP contribution in [0.3, 0.4) is 0 Å². The molecule has 1 heterocycles. The van der Waals surface area contributed by atoms with Gasteiger partial charge in [0.2, 0.25) is 5.13 Å². The van der Waals surface area contributed by atoms with E-state index < -0.39 is 0 Å². The minimum Gasteiger partial charge on any atom is -0.286 e. The summed E-state index contributed by atoms with van der Waals surface area (Å²) >= 11 is 13.8. The monoisotopic (exact) mass is 421 g/mol. The van der Waals surface area contributed by atoms with Crippen molar-refractivity contribution in [2.75, 3.05) is 11.9 Å². The SMILES string of the molecule is CN(C(=O)c1cc(Cl)ccc1Cl)c1nnc(C23CC4CC(CC(C4)C2)C3)s1. The van der Waals surface area contributed by atoms with Crippen molar-refractivity contribution in [3.05, 3.63) is 38.8 Å². The van der Waals surface area contributed by atoms with E-state index in [9.17, 15) is 4.79 Å². The molecule has 0 radical (unpaired) electrons. The Kier molecular flexibility index (Phi) is 4.26. The van der Waals surface area contributed by atoms with Crippen LogP contribution in [0.25, 0.3) is 0 Å². The summed E-state index contributed by atoms with van der Waals surface area (Å²) in [7, 11) is 1.73. The lowest BCUT2D eigenvalue weighted by atomic mass is 9.50. The predicted octanol–water partition coefficient (Wildman–Crippen LogP) is 5.59. The highest BCUT2D eigenvalue weighted by Gasteiger charge is 2.53. The second-order valence-corrected chi connectivity index (χ2v) is 10.4. The molecule has 1 aromatic carbocycles. The van der Waals surface area contributed by atoms with Gasteiger partial charge in [0, 0.05) is 17.5 Å². The molecule has 142 valence electrons. The van der Waals surface area contributed by atoms with E-state index in [0.717, 1.165) is 22.8 Å². The van der Waals surface area contributed by atoms with Crippen LogP contribution < -0.4 is 4.90 Å². The number of aromatic nitrogens is 2. The lowest BCUT2D eigenvalue weighted by molar-refractivity contribution is -0.00555. The fraction of sp³-hybridized carbons (Fsp3) is 0.550. The van der Waals surface area contributed by atoms with Gasteiger partial charge < -0.3 is 0 Å². The summed E-state index contributed by atoms with van der Waals surface area (Å²) in [5.74, 6) is 2.35. The molecule has 27 heavy (non-hydrogen) atoms. The van der Waals surface area contributed by atoms with E-state index in [1.165, 1.54) is 38.5 Å². The van der Waals surface area contributed by atoms with Gasteiger partial charge in [0.25, 0.3) is 5.91 Å². The van der Waals surface area contributed by atoms with Crippen LogP contribution in [0, 0.1) is 17.8 Å². The number of benzene rings is 1. The number of carbonyl (C=O) groups excluding carboxylic acids is 1. The smallest absolute Gasteiger partial charge is 0.261 e. The first-order chi connectivity index (χ1) is 12.9. The third kappa shape index (κ3) is 2.99. The molecule has 7 heteroatoms. The minimum atomic E-state index is -0.212. The number of nitrogens with zero attached hydrogens (tertiary/aromatic N) is 3. The van der Waals surface area contributed by atoms with Gasteiger partial charge in [0.05, 0.1) is 10.6 Å². The first-order valence-corrected chi connectivity index (χ1v) is 11.1. The predicted molar refractivity (Wildman–Crippen MR) is 109 cm³/mol. The van der Waals surface area contributed by atoms with E-state index in [1.807, 2.05) is 0 Å². The summed E-state index contributed by atoms with van der Waals surface area (Å²) in [5.41, 5.74) is 0.584. The molecule has 6 rings (SSSR count). The molecular weight excluding hydrogens is 401 g/mol. The molecule has 0 atom stereocenters. The third-order valence-corrected chi connectivity index (χ3v) is 8.47. The molecule has 4 nitrogen and oxygen atoms in total. The van der Waals surface area contributed by atoms with E-state index in [2.05, 4.69) is 10.2 Å². The average molecular weight is 422 g/mol. The van der Waals surface area contributed by atoms with E-state index in [-0.39, 0.29) is 11.3 Å². The van der Waals surface area contributed by atoms with Crippen LogP contribution in [-0.4, -0.2) is 23.2 Å². The minimum absolute atomic E-state index is 0.197. The average Bonchev–Trinajstić information content (AvgIpc) is 3.12. The molecule has 4 saturated carbocycles. The van der Waals surface area contributed by atoms with Crippen LogP contribution in [0.1, 0.15) is 53.9 Å². The van der Waals surface area contributed by atoms with Gasteiger partial charge >= 0.3 is 0 Å². The molecule has 4 bridgehead atoms. The van der Waals surface area contributed by atoms with Gasteiger partial charge in [-0.15, -0.1) is 10.2 Å². The molecule has 0 spiro atoms. The molecule has 0 unspecified atom stereocenters. The Morgan fingerprint density at radius 3 is 2.37 bits per heavy atom. The Bertz CT molecular complexity index is 877. The first kappa shape index (κ1) is 17.9. The van der Waals surface area contributed by atoms with Gasteiger partial charge in [-0.1, -0.05) is 34.5 Å². The largest absolute Gasteiger partial charge is 0.286 e. The Labute approximate surface area is 172 Å². The summed E-state index contributed by atoms with van der Waals surface area (Å²) in [6, 6.07) is 4.92. The number of halogens is 2. The fourth-order valence-electron chi connectivity index (χ4n) is 5.87. The summed E-state index contributed by atoms with van der Waals surface area (Å²) in [6.07, 6.45) is 7.92. The molecule has 4 aliphatic rings. The highest BCUT2D eigenvalue weighted by Crippen LogP contribution is 2.61. The standard InChI is InChI=1S/C20H21Cl2N3OS/c1-25(17(26)15-7-14(21)2-3-16(15)22)19-24-23-18(27-19)20-8-11-4-12(9-20)6-13(5-11)10-20/h2-3,7,11-13H,4-6,8-10H2,1H3. The normalized spacial score (nSPS) is 31.3. The summed E-state index contributed by atoms with van der Waals surface area (Å²) in [6.45, 7) is 0. The first-order valence-electron chi connectivity index (χ1n) is 9.50. The number of hydrogen-bond acceptors (Lipinski definition) is 4. The van der Waals surface area contributed by atoms with Crippen LogP contribution in [0.5, 0.6) is 0 Å². The molecule has 0 N–H and O–H groups in total. The van der Waals surface area contributed by atoms with E-state index >= 15 is 0 Å². The van der Waals surface area contributed by atoms with E-state index in [0.29, 0.717) is 20.7 Å². The maximum Gasteiger partial charge on any atom is 0.261 e. The van der Waals surface area contributed by atoms with E-state index in [1.54, 1.807) is 41.5 Å². The zero-order chi connectivity index (χ0) is 18.8. The van der Waals surface area contributed by atoms with Crippen molar-refractivity contribution < 1.29 is 4.79 Å². The molecule has 0 saturated heterocycles. The maximum absolute atomic E-state index is 12.9. The zero-order valence-corrected chi connectivity index (χ0v) is 17.4. The second kappa shape index (κ2) is 6.43. The van der Waals surface area contributed by atoms with Crippen molar-refractivity contribution in [3.8, 4) is 0 Å². The summed E-state index contributed by atoms with van der Waals surface area (Å²) in [5, 5.41) is 11.6. The van der Waals surface area contributed by atoms with Gasteiger partial charge in [-0.05, 0) is 74.5 Å². The molecule has 2 aromatic rings. The Morgan fingerprint density at radius 1 is 1.11 bits per heavy atom. The van der Waals surface area contributed by atoms with Gasteiger partial charge in [0.1, 0.15) is 5.01 Å². The van der Waals surface area contributed by atoms with Crippen molar-refractivity contribution in [3.63, 3.8) is 0 Å². The lowest BCUT2D eigenvalue weighted by Crippen LogP contribution is -2.48. The number of carbonyl (C=O) groups is 1. The zero-order valence-electron chi connectivity index (χ0n) is 15.1. The molecule has 1 aromatic heterocycles. The van der Waals surface area contributed by atoms with Crippen molar-refractivity contribution in [2.45, 2.75) is 43.9 Å². The van der Waals surface area contributed by atoms with Crippen LogP contribution in [0.4, 0.5) is 5.13 Å². The van der Waals surface area contributed by atoms with Crippen LogP contribution in [0.2, 0.25) is 10.0 Å². The Morgan fingerprint density at radius 2 is 1.74 bits per heavy atom. The quantitative estimate of drug-likeness (QED) is 0.648.